The predicted octanol–water partition coefficient (Wildman–Crippen LogP) is 2.19. The second kappa shape index (κ2) is 10.8. The zero-order chi connectivity index (χ0) is 17.9. The Morgan fingerprint density at radius 3 is 2.56 bits per heavy atom. The van der Waals surface area contributed by atoms with Crippen LogP contribution in [0.1, 0.15) is 32.6 Å². The highest BCUT2D eigenvalue weighted by Crippen LogP contribution is 2.10. The van der Waals surface area contributed by atoms with Crippen LogP contribution >= 0.6 is 0 Å². The summed E-state index contributed by atoms with van der Waals surface area (Å²) in [4.78, 5) is 27.2. The first-order chi connectivity index (χ1) is 12.2. The van der Waals surface area contributed by atoms with E-state index in [9.17, 15) is 4.79 Å². The summed E-state index contributed by atoms with van der Waals surface area (Å²) in [5.74, 6) is 1.04. The third-order valence-corrected chi connectivity index (χ3v) is 4.55. The van der Waals surface area contributed by atoms with E-state index in [1.165, 1.54) is 0 Å². The zero-order valence-electron chi connectivity index (χ0n) is 15.6. The van der Waals surface area contributed by atoms with E-state index in [1.807, 2.05) is 30.2 Å². The van der Waals surface area contributed by atoms with Crippen LogP contribution in [0, 0.1) is 0 Å². The van der Waals surface area contributed by atoms with Gasteiger partial charge in [-0.25, -0.2) is 9.97 Å². The van der Waals surface area contributed by atoms with Crippen molar-refractivity contribution in [1.82, 2.24) is 19.8 Å². The first-order valence-electron chi connectivity index (χ1n) is 9.34. The summed E-state index contributed by atoms with van der Waals surface area (Å²) in [6, 6.07) is 1.85. The summed E-state index contributed by atoms with van der Waals surface area (Å²) < 4.78 is 0. The van der Waals surface area contributed by atoms with Gasteiger partial charge >= 0.3 is 0 Å². The Morgan fingerprint density at radius 2 is 1.88 bits per heavy atom. The summed E-state index contributed by atoms with van der Waals surface area (Å²) in [5.41, 5.74) is 0. The highest BCUT2D eigenvalue weighted by Gasteiger charge is 2.18. The minimum atomic E-state index is 0.209. The Morgan fingerprint density at radius 1 is 1.16 bits per heavy atom. The molecule has 6 heteroatoms. The second-order valence-corrected chi connectivity index (χ2v) is 6.48. The largest absolute Gasteiger partial charge is 0.345 e. The van der Waals surface area contributed by atoms with Crippen LogP contribution in [0.15, 0.2) is 30.6 Å². The predicted molar refractivity (Wildman–Crippen MR) is 102 cm³/mol. The fourth-order valence-corrected chi connectivity index (χ4v) is 2.94. The number of aromatic nitrogens is 2. The van der Waals surface area contributed by atoms with Crippen molar-refractivity contribution in [3.8, 4) is 0 Å². The number of piperazine rings is 1. The van der Waals surface area contributed by atoms with Gasteiger partial charge in [0.15, 0.2) is 0 Å². The lowest BCUT2D eigenvalue weighted by Gasteiger charge is -2.34. The van der Waals surface area contributed by atoms with Crippen molar-refractivity contribution in [2.24, 2.45) is 0 Å². The molecule has 0 unspecified atom stereocenters. The minimum Gasteiger partial charge on any atom is -0.345 e. The van der Waals surface area contributed by atoms with Gasteiger partial charge in [0.25, 0.3) is 0 Å². The van der Waals surface area contributed by atoms with Crippen LogP contribution in [0.5, 0.6) is 0 Å². The Hall–Kier alpha value is -1.95. The van der Waals surface area contributed by atoms with Gasteiger partial charge in [-0.05, 0) is 31.9 Å². The Balaban J connectivity index is 1.57. The number of allylic oxidation sites excluding steroid dienone is 1. The summed E-state index contributed by atoms with van der Waals surface area (Å²) in [5, 5.41) is 0. The molecule has 0 bridgehead atoms. The van der Waals surface area contributed by atoms with Crippen molar-refractivity contribution < 1.29 is 4.79 Å². The number of hydrogen-bond acceptors (Lipinski definition) is 5. The summed E-state index contributed by atoms with van der Waals surface area (Å²) >= 11 is 0. The summed E-state index contributed by atoms with van der Waals surface area (Å²) in [6.07, 6.45) is 11.3. The van der Waals surface area contributed by atoms with Crippen molar-refractivity contribution in [2.45, 2.75) is 32.6 Å². The van der Waals surface area contributed by atoms with Crippen LogP contribution in [0.25, 0.3) is 0 Å². The Kier molecular flexibility index (Phi) is 8.39. The Labute approximate surface area is 151 Å². The SMILES string of the molecule is CCC=CCC(=O)N(C)CCCCN1CCN(c2ncccn2)CC1. The first kappa shape index (κ1) is 19.4. The molecule has 6 nitrogen and oxygen atoms in total. The molecule has 1 aliphatic heterocycles. The van der Waals surface area contributed by atoms with Crippen LogP contribution in [-0.2, 0) is 4.79 Å². The molecule has 1 aliphatic rings. The van der Waals surface area contributed by atoms with Crippen molar-refractivity contribution >= 4 is 11.9 Å². The van der Waals surface area contributed by atoms with Crippen LogP contribution in [-0.4, -0.2) is 72.0 Å². The van der Waals surface area contributed by atoms with Crippen LogP contribution in [0.2, 0.25) is 0 Å². The number of rotatable bonds is 9. The monoisotopic (exact) mass is 345 g/mol. The van der Waals surface area contributed by atoms with Gasteiger partial charge in [0.2, 0.25) is 11.9 Å². The maximum Gasteiger partial charge on any atom is 0.226 e. The smallest absolute Gasteiger partial charge is 0.226 e. The molecule has 0 spiro atoms. The molecule has 1 fully saturated rings. The van der Waals surface area contributed by atoms with E-state index in [1.54, 1.807) is 12.4 Å². The van der Waals surface area contributed by atoms with Crippen LogP contribution < -0.4 is 4.90 Å². The molecule has 0 saturated carbocycles. The molecule has 0 radical (unpaired) electrons. The molecule has 0 atom stereocenters. The maximum absolute atomic E-state index is 11.9. The molecular weight excluding hydrogens is 314 g/mol. The highest BCUT2D eigenvalue weighted by atomic mass is 16.2. The fraction of sp³-hybridized carbons (Fsp3) is 0.632. The lowest BCUT2D eigenvalue weighted by molar-refractivity contribution is -0.129. The van der Waals surface area contributed by atoms with E-state index in [4.69, 9.17) is 0 Å². The molecule has 2 heterocycles. The van der Waals surface area contributed by atoms with E-state index < -0.39 is 0 Å². The van der Waals surface area contributed by atoms with Gasteiger partial charge in [0.05, 0.1) is 0 Å². The van der Waals surface area contributed by atoms with Crippen molar-refractivity contribution in [3.05, 3.63) is 30.6 Å². The summed E-state index contributed by atoms with van der Waals surface area (Å²) in [7, 11) is 1.90. The van der Waals surface area contributed by atoms with Crippen molar-refractivity contribution in [1.29, 1.82) is 0 Å². The number of anilines is 1. The molecule has 0 aromatic carbocycles. The van der Waals surface area contributed by atoms with Gasteiger partial charge in [0, 0.05) is 58.6 Å². The number of amides is 1. The fourth-order valence-electron chi connectivity index (χ4n) is 2.94. The molecule has 2 rings (SSSR count). The number of hydrogen-bond donors (Lipinski definition) is 0. The third-order valence-electron chi connectivity index (χ3n) is 4.55. The average molecular weight is 345 g/mol. The average Bonchev–Trinajstić information content (AvgIpc) is 2.66. The van der Waals surface area contributed by atoms with Gasteiger partial charge in [-0.2, -0.15) is 0 Å². The highest BCUT2D eigenvalue weighted by molar-refractivity contribution is 5.77. The van der Waals surface area contributed by atoms with Gasteiger partial charge in [-0.1, -0.05) is 19.1 Å². The lowest BCUT2D eigenvalue weighted by atomic mass is 10.2. The molecule has 0 aliphatic carbocycles. The molecule has 1 aromatic heterocycles. The quantitative estimate of drug-likeness (QED) is 0.507. The van der Waals surface area contributed by atoms with Gasteiger partial charge < -0.3 is 9.80 Å². The zero-order valence-corrected chi connectivity index (χ0v) is 15.6. The third kappa shape index (κ3) is 6.82. The van der Waals surface area contributed by atoms with E-state index in [0.29, 0.717) is 6.42 Å². The number of unbranched alkanes of at least 4 members (excludes halogenated alkanes) is 1. The minimum absolute atomic E-state index is 0.209. The molecular formula is C19H31N5O. The van der Waals surface area contributed by atoms with Gasteiger partial charge in [-0.3, -0.25) is 9.69 Å². The molecule has 0 N–H and O–H groups in total. The molecule has 1 aromatic rings. The van der Waals surface area contributed by atoms with E-state index >= 15 is 0 Å². The molecule has 1 saturated heterocycles. The first-order valence-corrected chi connectivity index (χ1v) is 9.34. The van der Waals surface area contributed by atoms with E-state index in [2.05, 4.69) is 26.7 Å². The number of carbonyl (C=O) groups is 1. The second-order valence-electron chi connectivity index (χ2n) is 6.48. The van der Waals surface area contributed by atoms with Crippen LogP contribution in [0.4, 0.5) is 5.95 Å². The van der Waals surface area contributed by atoms with Crippen LogP contribution in [0.3, 0.4) is 0 Å². The standard InChI is InChI=1S/C19H31N5O/c1-3-4-5-9-18(25)22(2)12-6-7-13-23-14-16-24(17-15-23)19-20-10-8-11-21-19/h4-5,8,10-11H,3,6-7,9,12-17H2,1-2H3. The van der Waals surface area contributed by atoms with Crippen molar-refractivity contribution in [3.63, 3.8) is 0 Å². The van der Waals surface area contributed by atoms with Crippen molar-refractivity contribution in [2.75, 3.05) is 51.2 Å². The molecule has 25 heavy (non-hydrogen) atoms. The topological polar surface area (TPSA) is 52.6 Å². The van der Waals surface area contributed by atoms with E-state index in [0.717, 1.165) is 64.5 Å². The van der Waals surface area contributed by atoms with Gasteiger partial charge in [0.1, 0.15) is 0 Å². The molecule has 138 valence electrons. The number of carbonyl (C=O) groups excluding carboxylic acids is 1. The van der Waals surface area contributed by atoms with Gasteiger partial charge in [-0.15, -0.1) is 0 Å². The lowest BCUT2D eigenvalue weighted by Crippen LogP contribution is -2.47. The normalized spacial score (nSPS) is 15.7. The summed E-state index contributed by atoms with van der Waals surface area (Å²) in [6.45, 7) is 8.08. The maximum atomic E-state index is 11.9. The number of nitrogens with zero attached hydrogens (tertiary/aromatic N) is 5. The molecule has 1 amide bonds. The van der Waals surface area contributed by atoms with E-state index in [-0.39, 0.29) is 5.91 Å². The Bertz CT molecular complexity index is 526.